The summed E-state index contributed by atoms with van der Waals surface area (Å²) in [5, 5.41) is 36.0. The zero-order chi connectivity index (χ0) is 9.30. The third-order valence-electron chi connectivity index (χ3n) is 1.96. The van der Waals surface area contributed by atoms with Gasteiger partial charge in [0.2, 0.25) is 0 Å². The van der Waals surface area contributed by atoms with E-state index in [0.717, 1.165) is 0 Å². The van der Waals surface area contributed by atoms with Crippen LogP contribution >= 0.6 is 0 Å². The molecule has 5 unspecified atom stereocenters. The van der Waals surface area contributed by atoms with Crippen LogP contribution in [-0.4, -0.2) is 57.7 Å². The van der Waals surface area contributed by atoms with Crippen molar-refractivity contribution >= 4 is 0 Å². The van der Waals surface area contributed by atoms with Crippen LogP contribution < -0.4 is 5.73 Å². The molecule has 0 spiro atoms. The molecular formula is C6H13NO5. The Labute approximate surface area is 69.2 Å². The van der Waals surface area contributed by atoms with E-state index in [1.807, 2.05) is 0 Å². The lowest BCUT2D eigenvalue weighted by atomic mass is 9.97. The molecule has 0 amide bonds. The summed E-state index contributed by atoms with van der Waals surface area (Å²) in [4.78, 5) is 0. The Balaban J connectivity index is 2.63. The second-order valence-corrected chi connectivity index (χ2v) is 2.81. The number of nitrogens with two attached hydrogens (primary N) is 1. The van der Waals surface area contributed by atoms with Gasteiger partial charge in [-0.2, -0.15) is 0 Å². The molecule has 0 aromatic heterocycles. The van der Waals surface area contributed by atoms with Gasteiger partial charge < -0.3 is 30.9 Å². The van der Waals surface area contributed by atoms with E-state index in [0.29, 0.717) is 0 Å². The molecule has 0 aromatic rings. The fourth-order valence-electron chi connectivity index (χ4n) is 1.13. The van der Waals surface area contributed by atoms with Crippen molar-refractivity contribution in [3.63, 3.8) is 0 Å². The predicted molar refractivity (Wildman–Crippen MR) is 38.0 cm³/mol. The second kappa shape index (κ2) is 3.65. The lowest BCUT2D eigenvalue weighted by Crippen LogP contribution is -2.62. The molecule has 1 heterocycles. The summed E-state index contributed by atoms with van der Waals surface area (Å²) in [6.45, 7) is -0.446. The van der Waals surface area contributed by atoms with Gasteiger partial charge in [-0.3, -0.25) is 0 Å². The molecule has 1 aliphatic rings. The average Bonchev–Trinajstić information content (AvgIpc) is 2.08. The standard InChI is InChI=1S/C6H13NO5/c7-3-4(9)2(1-8)12-6(11)5(3)10/h2-6,8-11H,1,7H2. The highest BCUT2D eigenvalue weighted by Gasteiger charge is 2.41. The fourth-order valence-corrected chi connectivity index (χ4v) is 1.13. The van der Waals surface area contributed by atoms with E-state index >= 15 is 0 Å². The molecule has 6 N–H and O–H groups in total. The Morgan fingerprint density at radius 2 is 1.75 bits per heavy atom. The molecule has 1 fully saturated rings. The van der Waals surface area contributed by atoms with Crippen LogP contribution in [0, 0.1) is 0 Å². The minimum Gasteiger partial charge on any atom is -0.394 e. The quantitative estimate of drug-likeness (QED) is 0.288. The number of aliphatic hydroxyl groups is 4. The van der Waals surface area contributed by atoms with Crippen LogP contribution in [0.1, 0.15) is 0 Å². The maximum absolute atomic E-state index is 9.24. The van der Waals surface area contributed by atoms with E-state index in [1.54, 1.807) is 0 Å². The van der Waals surface area contributed by atoms with Crippen LogP contribution in [0.2, 0.25) is 0 Å². The molecule has 0 aromatic carbocycles. The molecule has 6 nitrogen and oxygen atoms in total. The highest BCUT2D eigenvalue weighted by molar-refractivity contribution is 4.90. The summed E-state index contributed by atoms with van der Waals surface area (Å²) in [7, 11) is 0. The van der Waals surface area contributed by atoms with Crippen LogP contribution in [-0.2, 0) is 4.74 Å². The second-order valence-electron chi connectivity index (χ2n) is 2.81. The van der Waals surface area contributed by atoms with Crippen molar-refractivity contribution in [2.75, 3.05) is 6.61 Å². The zero-order valence-electron chi connectivity index (χ0n) is 6.37. The molecule has 1 rings (SSSR count). The van der Waals surface area contributed by atoms with E-state index in [9.17, 15) is 5.11 Å². The van der Waals surface area contributed by atoms with Gasteiger partial charge in [0.25, 0.3) is 0 Å². The van der Waals surface area contributed by atoms with Crippen molar-refractivity contribution in [1.29, 1.82) is 0 Å². The van der Waals surface area contributed by atoms with E-state index in [-0.39, 0.29) is 0 Å². The normalized spacial score (nSPS) is 49.2. The van der Waals surface area contributed by atoms with Gasteiger partial charge in [-0.15, -0.1) is 0 Å². The van der Waals surface area contributed by atoms with Crippen molar-refractivity contribution < 1.29 is 25.2 Å². The minimum atomic E-state index is -1.44. The third kappa shape index (κ3) is 1.58. The van der Waals surface area contributed by atoms with Crippen molar-refractivity contribution in [2.45, 2.75) is 30.6 Å². The lowest BCUT2D eigenvalue weighted by Gasteiger charge is -2.38. The molecule has 1 saturated heterocycles. The van der Waals surface area contributed by atoms with E-state index in [2.05, 4.69) is 4.74 Å². The Morgan fingerprint density at radius 3 is 2.25 bits per heavy atom. The van der Waals surface area contributed by atoms with Crippen molar-refractivity contribution in [3.05, 3.63) is 0 Å². The molecule has 0 bridgehead atoms. The number of rotatable bonds is 1. The summed E-state index contributed by atoms with van der Waals surface area (Å²) in [6.07, 6.45) is -4.85. The number of hydrogen-bond acceptors (Lipinski definition) is 6. The Morgan fingerprint density at radius 1 is 1.17 bits per heavy atom. The van der Waals surface area contributed by atoms with Crippen molar-refractivity contribution in [3.8, 4) is 0 Å². The van der Waals surface area contributed by atoms with Gasteiger partial charge in [-0.1, -0.05) is 0 Å². The van der Waals surface area contributed by atoms with E-state index in [4.69, 9.17) is 21.1 Å². The molecule has 5 atom stereocenters. The summed E-state index contributed by atoms with van der Waals surface area (Å²) in [5.41, 5.74) is 5.33. The molecule has 0 saturated carbocycles. The summed E-state index contributed by atoms with van der Waals surface area (Å²) in [6, 6.07) is -0.995. The average molecular weight is 179 g/mol. The summed E-state index contributed by atoms with van der Waals surface area (Å²) < 4.78 is 4.66. The SMILES string of the molecule is NC1C(O)C(O)OC(CO)C1O. The molecular weight excluding hydrogens is 166 g/mol. The van der Waals surface area contributed by atoms with Gasteiger partial charge in [-0.25, -0.2) is 0 Å². The van der Waals surface area contributed by atoms with Crippen LogP contribution in [0.4, 0.5) is 0 Å². The summed E-state index contributed by atoms with van der Waals surface area (Å²) >= 11 is 0. The molecule has 0 radical (unpaired) electrons. The summed E-state index contributed by atoms with van der Waals surface area (Å²) in [5.74, 6) is 0. The first-order valence-corrected chi connectivity index (χ1v) is 3.64. The van der Waals surface area contributed by atoms with Gasteiger partial charge in [0.1, 0.15) is 18.3 Å². The molecule has 6 heteroatoms. The van der Waals surface area contributed by atoms with Gasteiger partial charge in [-0.05, 0) is 0 Å². The predicted octanol–water partition coefficient (Wildman–Crippen LogP) is -3.26. The van der Waals surface area contributed by atoms with Crippen LogP contribution in [0.15, 0.2) is 0 Å². The molecule has 12 heavy (non-hydrogen) atoms. The number of ether oxygens (including phenoxy) is 1. The van der Waals surface area contributed by atoms with E-state index < -0.39 is 37.3 Å². The van der Waals surface area contributed by atoms with Gasteiger partial charge >= 0.3 is 0 Å². The van der Waals surface area contributed by atoms with Crippen LogP contribution in [0.3, 0.4) is 0 Å². The van der Waals surface area contributed by atoms with Crippen LogP contribution in [0.5, 0.6) is 0 Å². The van der Waals surface area contributed by atoms with Gasteiger partial charge in [0, 0.05) is 0 Å². The topological polar surface area (TPSA) is 116 Å². The third-order valence-corrected chi connectivity index (χ3v) is 1.96. The number of aliphatic hydroxyl groups excluding tert-OH is 4. The van der Waals surface area contributed by atoms with Gasteiger partial charge in [0.05, 0.1) is 12.6 Å². The maximum atomic E-state index is 9.24. The fraction of sp³-hybridized carbons (Fsp3) is 1.00. The maximum Gasteiger partial charge on any atom is 0.183 e. The molecule has 1 aliphatic heterocycles. The smallest absolute Gasteiger partial charge is 0.183 e. The Kier molecular flexibility index (Phi) is 2.99. The highest BCUT2D eigenvalue weighted by atomic mass is 16.6. The molecule has 0 aliphatic carbocycles. The highest BCUT2D eigenvalue weighted by Crippen LogP contribution is 2.17. The largest absolute Gasteiger partial charge is 0.394 e. The van der Waals surface area contributed by atoms with Crippen molar-refractivity contribution in [2.24, 2.45) is 5.73 Å². The van der Waals surface area contributed by atoms with Crippen molar-refractivity contribution in [1.82, 2.24) is 0 Å². The lowest BCUT2D eigenvalue weighted by molar-refractivity contribution is -0.258. The molecule has 72 valence electrons. The monoisotopic (exact) mass is 179 g/mol. The number of hydrogen-bond donors (Lipinski definition) is 5. The van der Waals surface area contributed by atoms with Gasteiger partial charge in [0.15, 0.2) is 6.29 Å². The van der Waals surface area contributed by atoms with E-state index in [1.165, 1.54) is 0 Å². The first-order valence-electron chi connectivity index (χ1n) is 3.64. The minimum absolute atomic E-state index is 0.446. The Hall–Kier alpha value is -0.240. The first-order chi connectivity index (χ1) is 5.57. The first kappa shape index (κ1) is 9.85. The van der Waals surface area contributed by atoms with Crippen LogP contribution in [0.25, 0.3) is 0 Å². The zero-order valence-corrected chi connectivity index (χ0v) is 6.37. The Bertz CT molecular complexity index is 150.